The number of amides is 1. The number of alkyl halides is 3. The molecule has 0 radical (unpaired) electrons. The summed E-state index contributed by atoms with van der Waals surface area (Å²) in [5.41, 5.74) is 3.72. The van der Waals surface area contributed by atoms with Crippen LogP contribution in [0.2, 0.25) is 5.02 Å². The van der Waals surface area contributed by atoms with Gasteiger partial charge in [0, 0.05) is 36.3 Å². The van der Waals surface area contributed by atoms with Crippen LogP contribution in [-0.2, 0) is 12.7 Å². The highest BCUT2D eigenvalue weighted by atomic mass is 35.5. The minimum atomic E-state index is -4.81. The maximum Gasteiger partial charge on any atom is 0.431 e. The molecule has 0 unspecified atom stereocenters. The molecule has 2 aromatic rings. The number of hydrogen-bond acceptors (Lipinski definition) is 2. The van der Waals surface area contributed by atoms with Crippen LogP contribution in [-0.4, -0.2) is 41.3 Å². The lowest BCUT2D eigenvalue weighted by Gasteiger charge is -2.24. The van der Waals surface area contributed by atoms with E-state index in [-0.39, 0.29) is 39.3 Å². The normalized spacial score (nSPS) is 12.6. The molecule has 10 heteroatoms. The summed E-state index contributed by atoms with van der Waals surface area (Å²) in [6.45, 7) is 4.16. The number of aromatic nitrogens is 1. The van der Waals surface area contributed by atoms with Gasteiger partial charge < -0.3 is 15.2 Å². The summed E-state index contributed by atoms with van der Waals surface area (Å²) in [5.74, 6) is -1.65. The molecule has 1 amide bonds. The van der Waals surface area contributed by atoms with Gasteiger partial charge in [0.1, 0.15) is 23.0 Å². The van der Waals surface area contributed by atoms with Crippen LogP contribution in [0.1, 0.15) is 35.6 Å². The lowest BCUT2D eigenvalue weighted by atomic mass is 9.99. The number of carbonyl (C=O) groups is 1. The lowest BCUT2D eigenvalue weighted by molar-refractivity contribution is -0.143. The number of amidine groups is 1. The molecule has 164 valence electrons. The molecule has 0 spiro atoms. The Morgan fingerprint density at radius 1 is 1.33 bits per heavy atom. The van der Waals surface area contributed by atoms with Crippen LogP contribution < -0.4 is 5.73 Å². The van der Waals surface area contributed by atoms with Gasteiger partial charge in [-0.2, -0.15) is 13.2 Å². The van der Waals surface area contributed by atoms with E-state index in [2.05, 4.69) is 4.99 Å². The second-order valence-electron chi connectivity index (χ2n) is 7.13. The molecular weight excluding hydrogens is 424 g/mol. The monoisotopic (exact) mass is 446 g/mol. The number of nitrogens with zero attached hydrogens (tertiary/aromatic N) is 3. The number of aliphatic imine (C=N–C) groups is 1. The highest BCUT2D eigenvalue weighted by Crippen LogP contribution is 2.42. The Bertz CT molecular complexity index is 996. The first kappa shape index (κ1) is 23.7. The van der Waals surface area contributed by atoms with Crippen LogP contribution >= 0.6 is 11.6 Å². The maximum atomic E-state index is 14.7. The van der Waals surface area contributed by atoms with Gasteiger partial charge in [0.05, 0.1) is 6.54 Å². The van der Waals surface area contributed by atoms with E-state index in [0.29, 0.717) is 0 Å². The Balaban J connectivity index is 3.00. The summed E-state index contributed by atoms with van der Waals surface area (Å²) in [6, 6.07) is 3.29. The molecular formula is C20H23ClF4N4O. The zero-order valence-corrected chi connectivity index (χ0v) is 18.0. The van der Waals surface area contributed by atoms with E-state index < -0.39 is 30.1 Å². The van der Waals surface area contributed by atoms with Gasteiger partial charge >= 0.3 is 6.18 Å². The third kappa shape index (κ3) is 4.45. The molecule has 0 fully saturated rings. The van der Waals surface area contributed by atoms with Crippen LogP contribution in [0.4, 0.5) is 17.6 Å². The summed E-state index contributed by atoms with van der Waals surface area (Å²) < 4.78 is 57.6. The molecule has 0 aliphatic heterocycles. The van der Waals surface area contributed by atoms with Gasteiger partial charge in [-0.3, -0.25) is 9.79 Å². The van der Waals surface area contributed by atoms with Gasteiger partial charge in [-0.15, -0.1) is 0 Å². The van der Waals surface area contributed by atoms with Crippen LogP contribution in [0.3, 0.4) is 0 Å². The third-order valence-electron chi connectivity index (χ3n) is 4.88. The van der Waals surface area contributed by atoms with Crippen LogP contribution in [0.15, 0.2) is 23.2 Å². The van der Waals surface area contributed by atoms with Crippen molar-refractivity contribution >= 4 is 23.3 Å². The zero-order valence-electron chi connectivity index (χ0n) is 17.2. The van der Waals surface area contributed by atoms with Gasteiger partial charge in [-0.05, 0) is 44.5 Å². The summed E-state index contributed by atoms with van der Waals surface area (Å²) in [6.07, 6.45) is -4.81. The molecule has 0 saturated heterocycles. The average molecular weight is 447 g/mol. The Hall–Kier alpha value is -2.55. The Kier molecular flexibility index (Phi) is 6.86. The van der Waals surface area contributed by atoms with E-state index >= 15 is 0 Å². The number of halogens is 5. The average Bonchev–Trinajstić information content (AvgIpc) is 2.92. The van der Waals surface area contributed by atoms with Crippen molar-refractivity contribution in [2.45, 2.75) is 39.5 Å². The predicted octanol–water partition coefficient (Wildman–Crippen LogP) is 4.74. The fourth-order valence-corrected chi connectivity index (χ4v) is 3.31. The second-order valence-corrected chi connectivity index (χ2v) is 7.57. The van der Waals surface area contributed by atoms with E-state index in [0.717, 1.165) is 10.6 Å². The first-order chi connectivity index (χ1) is 13.8. The molecule has 1 heterocycles. The molecule has 1 aromatic heterocycles. The van der Waals surface area contributed by atoms with E-state index in [9.17, 15) is 22.4 Å². The van der Waals surface area contributed by atoms with Crippen molar-refractivity contribution in [1.82, 2.24) is 9.47 Å². The van der Waals surface area contributed by atoms with E-state index in [4.69, 9.17) is 17.3 Å². The Morgan fingerprint density at radius 2 is 1.93 bits per heavy atom. The molecule has 0 aliphatic carbocycles. The number of carbonyl (C=O) groups excluding carboxylic acids is 1. The zero-order chi connectivity index (χ0) is 23.0. The number of hydrogen-bond donors (Lipinski definition) is 1. The van der Waals surface area contributed by atoms with Crippen LogP contribution in [0, 0.1) is 12.7 Å². The first-order valence-electron chi connectivity index (χ1n) is 9.05. The molecule has 2 N–H and O–H groups in total. The van der Waals surface area contributed by atoms with Gasteiger partial charge in [0.2, 0.25) is 0 Å². The minimum absolute atomic E-state index is 0.0823. The molecule has 1 aromatic carbocycles. The van der Waals surface area contributed by atoms with Gasteiger partial charge in [-0.1, -0.05) is 11.6 Å². The maximum absolute atomic E-state index is 14.7. The van der Waals surface area contributed by atoms with Crippen molar-refractivity contribution in [1.29, 1.82) is 0 Å². The lowest BCUT2D eigenvalue weighted by Crippen LogP contribution is -2.36. The smallest absolute Gasteiger partial charge is 0.386 e. The topological polar surface area (TPSA) is 63.6 Å². The quantitative estimate of drug-likeness (QED) is 0.409. The minimum Gasteiger partial charge on any atom is -0.386 e. The highest BCUT2D eigenvalue weighted by Gasteiger charge is 2.42. The van der Waals surface area contributed by atoms with Gasteiger partial charge in [-0.25, -0.2) is 4.39 Å². The number of nitrogens with two attached hydrogens (primary N) is 1. The summed E-state index contributed by atoms with van der Waals surface area (Å²) in [5, 5.41) is 0.0823. The summed E-state index contributed by atoms with van der Waals surface area (Å²) >= 11 is 5.80. The number of benzene rings is 1. The highest BCUT2D eigenvalue weighted by molar-refractivity contribution is 6.30. The van der Waals surface area contributed by atoms with E-state index in [1.165, 1.54) is 38.1 Å². The standard InChI is InChI=1S/C20H23ClF4N4O/c1-10(2)28(5)19(30)17-16(13-7-6-12(21)8-14(13)22)11(3)18(20(23,24)25)29(17)9-15(26)27-4/h6-8,10H,9H2,1-5H3,(H2,26,27). The largest absolute Gasteiger partial charge is 0.431 e. The molecule has 2 rings (SSSR count). The van der Waals surface area contributed by atoms with Crippen molar-refractivity contribution < 1.29 is 22.4 Å². The fourth-order valence-electron chi connectivity index (χ4n) is 3.15. The molecule has 0 aliphatic rings. The van der Waals surface area contributed by atoms with Crippen LogP contribution in [0.5, 0.6) is 0 Å². The molecule has 0 atom stereocenters. The van der Waals surface area contributed by atoms with Crippen molar-refractivity contribution in [2.24, 2.45) is 10.7 Å². The molecule has 0 bridgehead atoms. The second kappa shape index (κ2) is 8.67. The molecule has 30 heavy (non-hydrogen) atoms. The summed E-state index contributed by atoms with van der Waals surface area (Å²) in [4.78, 5) is 18.2. The van der Waals surface area contributed by atoms with Crippen molar-refractivity contribution in [3.8, 4) is 11.1 Å². The van der Waals surface area contributed by atoms with Crippen molar-refractivity contribution in [2.75, 3.05) is 14.1 Å². The van der Waals surface area contributed by atoms with Crippen molar-refractivity contribution in [3.63, 3.8) is 0 Å². The Morgan fingerprint density at radius 3 is 2.40 bits per heavy atom. The fraction of sp³-hybridized carbons (Fsp3) is 0.400. The van der Waals surface area contributed by atoms with E-state index in [1.54, 1.807) is 13.8 Å². The van der Waals surface area contributed by atoms with Crippen LogP contribution in [0.25, 0.3) is 11.1 Å². The SMILES string of the molecule is CN=C(N)Cn1c(C(=O)N(C)C(C)C)c(-c2ccc(Cl)cc2F)c(C)c1C(F)(F)F. The molecule has 5 nitrogen and oxygen atoms in total. The van der Waals surface area contributed by atoms with Crippen molar-refractivity contribution in [3.05, 3.63) is 46.0 Å². The predicted molar refractivity (Wildman–Crippen MR) is 109 cm³/mol. The number of rotatable bonds is 5. The van der Waals surface area contributed by atoms with Gasteiger partial charge in [0.25, 0.3) is 5.91 Å². The third-order valence-corrected chi connectivity index (χ3v) is 5.12. The first-order valence-corrected chi connectivity index (χ1v) is 9.43. The molecule has 0 saturated carbocycles. The van der Waals surface area contributed by atoms with E-state index in [1.807, 2.05) is 0 Å². The summed E-state index contributed by atoms with van der Waals surface area (Å²) in [7, 11) is 2.80. The van der Waals surface area contributed by atoms with Gasteiger partial charge in [0.15, 0.2) is 0 Å². The Labute approximate surface area is 177 Å².